The van der Waals surface area contributed by atoms with Crippen LogP contribution in [0.25, 0.3) is 10.4 Å². The molecular weight excluding hydrogens is 386 g/mol. The molecule has 2 aromatic rings. The number of morpholine rings is 1. The number of aldehydes is 1. The number of hydrogen-bond acceptors (Lipinski definition) is 6. The molecule has 1 saturated carbocycles. The summed E-state index contributed by atoms with van der Waals surface area (Å²) < 4.78 is 11.8. The third kappa shape index (κ3) is 4.95. The largest absolute Gasteiger partial charge is 0.391 e. The molecule has 1 aromatic heterocycles. The number of thiophene rings is 1. The molecule has 2 heterocycles. The minimum atomic E-state index is -0.420. The van der Waals surface area contributed by atoms with E-state index in [0.29, 0.717) is 32.7 Å². The van der Waals surface area contributed by atoms with Crippen LogP contribution in [0.15, 0.2) is 41.8 Å². The van der Waals surface area contributed by atoms with E-state index in [1.165, 1.54) is 10.4 Å². The summed E-state index contributed by atoms with van der Waals surface area (Å²) in [5.41, 5.74) is 2.35. The number of aliphatic hydroxyl groups excluding tert-OH is 1. The number of aliphatic hydroxyl groups is 1. The van der Waals surface area contributed by atoms with Gasteiger partial charge in [0.1, 0.15) is 6.29 Å². The molecule has 156 valence electrons. The smallest absolute Gasteiger partial charge is 0.120 e. The number of rotatable bonds is 8. The monoisotopic (exact) mass is 415 g/mol. The number of ether oxygens (including phenoxy) is 2. The topological polar surface area (TPSA) is 59.0 Å². The molecule has 1 saturated heterocycles. The maximum Gasteiger partial charge on any atom is 0.120 e. The summed E-state index contributed by atoms with van der Waals surface area (Å²) in [6.07, 6.45) is 2.41. The van der Waals surface area contributed by atoms with Gasteiger partial charge in [-0.3, -0.25) is 4.90 Å². The number of carbonyl (C=O) groups excluding carboxylic acids is 1. The Morgan fingerprint density at radius 3 is 2.69 bits per heavy atom. The van der Waals surface area contributed by atoms with Crippen molar-refractivity contribution in [2.75, 3.05) is 26.3 Å². The van der Waals surface area contributed by atoms with Crippen LogP contribution in [0.5, 0.6) is 0 Å². The minimum absolute atomic E-state index is 0.0326. The molecule has 1 aliphatic heterocycles. The fourth-order valence-electron chi connectivity index (χ4n) is 4.67. The van der Waals surface area contributed by atoms with Gasteiger partial charge in [-0.1, -0.05) is 30.3 Å². The SMILES string of the molecule is O=CCC[C@H]1[C@H](N2CCOCC2)[C@@H](O)C[C@H]1OCc1ccc(-c2cccs2)cc1. The third-order valence-electron chi connectivity index (χ3n) is 6.09. The van der Waals surface area contributed by atoms with Crippen LogP contribution in [-0.2, 0) is 20.9 Å². The van der Waals surface area contributed by atoms with Crippen molar-refractivity contribution in [2.45, 2.75) is 44.1 Å². The number of hydrogen-bond donors (Lipinski definition) is 1. The van der Waals surface area contributed by atoms with E-state index in [4.69, 9.17) is 9.47 Å². The molecule has 1 aliphatic carbocycles. The second-order valence-electron chi connectivity index (χ2n) is 7.87. The van der Waals surface area contributed by atoms with Crippen molar-refractivity contribution < 1.29 is 19.4 Å². The van der Waals surface area contributed by atoms with Crippen LogP contribution in [-0.4, -0.2) is 60.8 Å². The maximum atomic E-state index is 11.0. The van der Waals surface area contributed by atoms with Gasteiger partial charge in [0.2, 0.25) is 0 Å². The van der Waals surface area contributed by atoms with Gasteiger partial charge in [0.25, 0.3) is 0 Å². The predicted octanol–water partition coefficient (Wildman–Crippen LogP) is 3.36. The quantitative estimate of drug-likeness (QED) is 0.670. The molecule has 1 aromatic carbocycles. The molecule has 0 bridgehead atoms. The van der Waals surface area contributed by atoms with Gasteiger partial charge in [-0.05, 0) is 29.0 Å². The van der Waals surface area contributed by atoms with Crippen LogP contribution >= 0.6 is 11.3 Å². The number of benzene rings is 1. The van der Waals surface area contributed by atoms with Gasteiger partial charge < -0.3 is 19.4 Å². The van der Waals surface area contributed by atoms with Crippen molar-refractivity contribution in [3.05, 3.63) is 47.3 Å². The summed E-state index contributed by atoms with van der Waals surface area (Å²) in [6, 6.07) is 12.7. The normalized spacial score (nSPS) is 27.9. The molecule has 5 nitrogen and oxygen atoms in total. The zero-order valence-corrected chi connectivity index (χ0v) is 17.4. The van der Waals surface area contributed by atoms with Crippen molar-refractivity contribution in [3.8, 4) is 10.4 Å². The Labute approximate surface area is 176 Å². The highest BCUT2D eigenvalue weighted by Crippen LogP contribution is 2.37. The van der Waals surface area contributed by atoms with Gasteiger partial charge >= 0.3 is 0 Å². The van der Waals surface area contributed by atoms with Gasteiger partial charge in [0, 0.05) is 42.8 Å². The van der Waals surface area contributed by atoms with Crippen molar-refractivity contribution in [1.29, 1.82) is 0 Å². The summed E-state index contributed by atoms with van der Waals surface area (Å²) in [7, 11) is 0. The van der Waals surface area contributed by atoms with Gasteiger partial charge in [0.15, 0.2) is 0 Å². The van der Waals surface area contributed by atoms with Crippen molar-refractivity contribution in [3.63, 3.8) is 0 Å². The Morgan fingerprint density at radius 2 is 2.00 bits per heavy atom. The van der Waals surface area contributed by atoms with E-state index in [0.717, 1.165) is 31.4 Å². The first-order chi connectivity index (χ1) is 14.3. The zero-order valence-electron chi connectivity index (χ0n) is 16.6. The molecule has 2 fully saturated rings. The molecule has 4 rings (SSSR count). The molecule has 0 unspecified atom stereocenters. The van der Waals surface area contributed by atoms with E-state index in [1.807, 2.05) is 0 Å². The Balaban J connectivity index is 1.40. The maximum absolute atomic E-state index is 11.0. The Kier molecular flexibility index (Phi) is 7.11. The first-order valence-corrected chi connectivity index (χ1v) is 11.3. The third-order valence-corrected chi connectivity index (χ3v) is 7.01. The lowest BCUT2D eigenvalue weighted by Gasteiger charge is -2.37. The number of carbonyl (C=O) groups is 1. The van der Waals surface area contributed by atoms with Crippen LogP contribution in [0, 0.1) is 5.92 Å². The minimum Gasteiger partial charge on any atom is -0.391 e. The van der Waals surface area contributed by atoms with Gasteiger partial charge in [0.05, 0.1) is 32.0 Å². The van der Waals surface area contributed by atoms with Crippen LogP contribution < -0.4 is 0 Å². The highest BCUT2D eigenvalue weighted by atomic mass is 32.1. The Hall–Kier alpha value is -1.57. The Bertz CT molecular complexity index is 758. The molecule has 1 N–H and O–H groups in total. The second-order valence-corrected chi connectivity index (χ2v) is 8.82. The summed E-state index contributed by atoms with van der Waals surface area (Å²) >= 11 is 1.74. The molecule has 2 aliphatic rings. The molecule has 0 spiro atoms. The van der Waals surface area contributed by atoms with E-state index in [2.05, 4.69) is 46.7 Å². The molecule has 29 heavy (non-hydrogen) atoms. The summed E-state index contributed by atoms with van der Waals surface area (Å²) in [5.74, 6) is 0.165. The second kappa shape index (κ2) is 9.96. The van der Waals surface area contributed by atoms with E-state index in [9.17, 15) is 9.90 Å². The van der Waals surface area contributed by atoms with E-state index < -0.39 is 6.10 Å². The van der Waals surface area contributed by atoms with E-state index in [1.54, 1.807) is 11.3 Å². The fourth-order valence-corrected chi connectivity index (χ4v) is 5.40. The summed E-state index contributed by atoms with van der Waals surface area (Å²) in [5, 5.41) is 12.9. The van der Waals surface area contributed by atoms with Crippen molar-refractivity contribution in [1.82, 2.24) is 4.90 Å². The molecule has 0 radical (unpaired) electrons. The standard InChI is InChI=1S/C23H29NO4S/c25-11-1-3-19-21(15-20(26)23(19)24-9-12-27-13-10-24)28-16-17-5-7-18(8-6-17)22-4-2-14-29-22/h2,4-8,11,14,19-21,23,26H,1,3,9-10,12-13,15-16H2/t19-,20+,21-,23+/m1/s1. The van der Waals surface area contributed by atoms with Crippen LogP contribution in [0.3, 0.4) is 0 Å². The average molecular weight is 416 g/mol. The van der Waals surface area contributed by atoms with Crippen LogP contribution in [0.4, 0.5) is 0 Å². The van der Waals surface area contributed by atoms with Crippen molar-refractivity contribution >= 4 is 17.6 Å². The Morgan fingerprint density at radius 1 is 1.21 bits per heavy atom. The number of nitrogens with zero attached hydrogens (tertiary/aromatic N) is 1. The molecule has 6 heteroatoms. The first-order valence-electron chi connectivity index (χ1n) is 10.4. The molecule has 0 amide bonds. The lowest BCUT2D eigenvalue weighted by molar-refractivity contribution is -0.108. The van der Waals surface area contributed by atoms with Gasteiger partial charge in [-0.15, -0.1) is 11.3 Å². The molecular formula is C23H29NO4S. The highest BCUT2D eigenvalue weighted by Gasteiger charge is 2.45. The lowest BCUT2D eigenvalue weighted by atomic mass is 9.94. The fraction of sp³-hybridized carbons (Fsp3) is 0.522. The highest BCUT2D eigenvalue weighted by molar-refractivity contribution is 7.13. The van der Waals surface area contributed by atoms with E-state index >= 15 is 0 Å². The van der Waals surface area contributed by atoms with Crippen molar-refractivity contribution in [2.24, 2.45) is 5.92 Å². The molecule has 4 atom stereocenters. The first kappa shape index (κ1) is 20.7. The lowest BCUT2D eigenvalue weighted by Crippen LogP contribution is -2.50. The van der Waals surface area contributed by atoms with Crippen LogP contribution in [0.2, 0.25) is 0 Å². The summed E-state index contributed by atoms with van der Waals surface area (Å²) in [6.45, 7) is 3.58. The van der Waals surface area contributed by atoms with Gasteiger partial charge in [-0.25, -0.2) is 0 Å². The van der Waals surface area contributed by atoms with E-state index in [-0.39, 0.29) is 18.1 Å². The van der Waals surface area contributed by atoms with Gasteiger partial charge in [-0.2, -0.15) is 0 Å². The average Bonchev–Trinajstić information content (AvgIpc) is 3.40. The predicted molar refractivity (Wildman–Crippen MR) is 114 cm³/mol. The summed E-state index contributed by atoms with van der Waals surface area (Å²) in [4.78, 5) is 14.6. The van der Waals surface area contributed by atoms with Crippen LogP contribution in [0.1, 0.15) is 24.8 Å². The zero-order chi connectivity index (χ0) is 20.1.